The summed E-state index contributed by atoms with van der Waals surface area (Å²) in [5.41, 5.74) is 6.70. The van der Waals surface area contributed by atoms with Gasteiger partial charge in [0, 0.05) is 13.1 Å². The molecule has 10 heteroatoms. The zero-order valence-corrected chi connectivity index (χ0v) is 17.2. The normalized spacial score (nSPS) is 11.5. The molecule has 0 saturated heterocycles. The number of halogens is 1. The van der Waals surface area contributed by atoms with Gasteiger partial charge in [0.15, 0.2) is 17.5 Å². The van der Waals surface area contributed by atoms with Gasteiger partial charge in [-0.3, -0.25) is 0 Å². The number of sulfonamides is 1. The summed E-state index contributed by atoms with van der Waals surface area (Å²) in [6.07, 6.45) is 1.74. The van der Waals surface area contributed by atoms with Gasteiger partial charge in [0.1, 0.15) is 0 Å². The summed E-state index contributed by atoms with van der Waals surface area (Å²) in [4.78, 5) is 4.22. The summed E-state index contributed by atoms with van der Waals surface area (Å²) in [5.74, 6) is 1.60. The molecule has 0 heterocycles. The molecule has 0 amide bonds. The third-order valence-electron chi connectivity index (χ3n) is 2.90. The maximum absolute atomic E-state index is 10.9. The van der Waals surface area contributed by atoms with E-state index in [1.54, 1.807) is 14.2 Å². The lowest BCUT2D eigenvalue weighted by molar-refractivity contribution is 0.354. The standard InChI is InChI=1S/C14H24N4O4S.HI/c1-21-12-6-5-11(9-13(12)22-2)10-17-14(15)16-7-4-8-18-23(3,19)20;/h5-6,9,18H,4,7-8,10H2,1-3H3,(H3,15,16,17);1H. The van der Waals surface area contributed by atoms with E-state index in [1.165, 1.54) is 0 Å². The lowest BCUT2D eigenvalue weighted by Gasteiger charge is -2.09. The highest BCUT2D eigenvalue weighted by Crippen LogP contribution is 2.27. The number of guanidine groups is 1. The van der Waals surface area contributed by atoms with Crippen LogP contribution in [0.15, 0.2) is 23.2 Å². The van der Waals surface area contributed by atoms with E-state index in [4.69, 9.17) is 15.2 Å². The van der Waals surface area contributed by atoms with Crippen LogP contribution in [0.3, 0.4) is 0 Å². The molecule has 0 radical (unpaired) electrons. The summed E-state index contributed by atoms with van der Waals surface area (Å²) < 4.78 is 34.6. The lowest BCUT2D eigenvalue weighted by atomic mass is 10.2. The van der Waals surface area contributed by atoms with E-state index in [0.29, 0.717) is 43.5 Å². The molecule has 1 aromatic carbocycles. The van der Waals surface area contributed by atoms with Crippen LogP contribution in [-0.4, -0.2) is 47.9 Å². The second kappa shape index (κ2) is 11.3. The molecule has 1 aromatic rings. The van der Waals surface area contributed by atoms with Crippen LogP contribution in [0.4, 0.5) is 0 Å². The van der Waals surface area contributed by atoms with Gasteiger partial charge in [-0.1, -0.05) is 6.07 Å². The number of ether oxygens (including phenoxy) is 2. The van der Waals surface area contributed by atoms with Crippen molar-refractivity contribution in [2.75, 3.05) is 33.6 Å². The monoisotopic (exact) mass is 472 g/mol. The van der Waals surface area contributed by atoms with E-state index in [2.05, 4.69) is 15.0 Å². The molecule has 24 heavy (non-hydrogen) atoms. The smallest absolute Gasteiger partial charge is 0.208 e. The molecular formula is C14H25IN4O4S. The van der Waals surface area contributed by atoms with E-state index in [1.807, 2.05) is 18.2 Å². The molecule has 0 fully saturated rings. The molecule has 0 saturated carbocycles. The Kier molecular flexibility index (Phi) is 10.7. The molecule has 0 aliphatic heterocycles. The number of hydrogen-bond donors (Lipinski definition) is 3. The van der Waals surface area contributed by atoms with E-state index in [0.717, 1.165) is 11.8 Å². The number of aliphatic imine (C=N–C) groups is 1. The van der Waals surface area contributed by atoms with Crippen molar-refractivity contribution in [1.82, 2.24) is 10.0 Å². The first-order valence-electron chi connectivity index (χ1n) is 7.05. The predicted octanol–water partition coefficient (Wildman–Crippen LogP) is 0.665. The maximum Gasteiger partial charge on any atom is 0.208 e. The second-order valence-electron chi connectivity index (χ2n) is 4.84. The topological polar surface area (TPSA) is 115 Å². The minimum Gasteiger partial charge on any atom is -0.493 e. The fourth-order valence-corrected chi connectivity index (χ4v) is 2.29. The molecule has 0 aromatic heterocycles. The number of benzene rings is 1. The highest BCUT2D eigenvalue weighted by atomic mass is 127. The van der Waals surface area contributed by atoms with Gasteiger partial charge < -0.3 is 20.5 Å². The molecule has 4 N–H and O–H groups in total. The molecule has 138 valence electrons. The Balaban J connectivity index is 0.00000529. The Morgan fingerprint density at radius 1 is 1.21 bits per heavy atom. The van der Waals surface area contributed by atoms with Gasteiger partial charge in [-0.15, -0.1) is 24.0 Å². The Bertz CT molecular complexity index is 638. The van der Waals surface area contributed by atoms with Gasteiger partial charge in [-0.05, 0) is 24.1 Å². The Hall–Kier alpha value is -1.27. The van der Waals surface area contributed by atoms with Crippen LogP contribution in [0.5, 0.6) is 11.5 Å². The van der Waals surface area contributed by atoms with Crippen LogP contribution >= 0.6 is 24.0 Å². The first-order chi connectivity index (χ1) is 10.9. The second-order valence-corrected chi connectivity index (χ2v) is 6.67. The third-order valence-corrected chi connectivity index (χ3v) is 3.63. The largest absolute Gasteiger partial charge is 0.493 e. The first-order valence-corrected chi connectivity index (χ1v) is 8.94. The number of methoxy groups -OCH3 is 2. The summed E-state index contributed by atoms with van der Waals surface area (Å²) in [6.45, 7) is 1.29. The van der Waals surface area contributed by atoms with Gasteiger partial charge in [0.2, 0.25) is 10.0 Å². The van der Waals surface area contributed by atoms with Crippen molar-refractivity contribution in [3.63, 3.8) is 0 Å². The van der Waals surface area contributed by atoms with Crippen LogP contribution in [0.1, 0.15) is 12.0 Å². The van der Waals surface area contributed by atoms with Gasteiger partial charge in [-0.2, -0.15) is 0 Å². The minimum absolute atomic E-state index is 0. The number of hydrogen-bond acceptors (Lipinski definition) is 5. The minimum atomic E-state index is -3.14. The molecule has 0 aliphatic rings. The number of nitrogens with two attached hydrogens (primary N) is 1. The number of nitrogens with zero attached hydrogens (tertiary/aromatic N) is 1. The van der Waals surface area contributed by atoms with Gasteiger partial charge in [-0.25, -0.2) is 18.1 Å². The highest BCUT2D eigenvalue weighted by molar-refractivity contribution is 14.0. The van der Waals surface area contributed by atoms with E-state index in [-0.39, 0.29) is 24.0 Å². The van der Waals surface area contributed by atoms with Crippen molar-refractivity contribution in [3.8, 4) is 11.5 Å². The first kappa shape index (κ1) is 22.7. The summed E-state index contributed by atoms with van der Waals surface area (Å²) in [6, 6.07) is 5.53. The van der Waals surface area contributed by atoms with Gasteiger partial charge >= 0.3 is 0 Å². The van der Waals surface area contributed by atoms with E-state index >= 15 is 0 Å². The fraction of sp³-hybridized carbons (Fsp3) is 0.500. The summed E-state index contributed by atoms with van der Waals surface area (Å²) in [7, 11) is 0.00947. The molecule has 0 atom stereocenters. The third kappa shape index (κ3) is 9.13. The van der Waals surface area contributed by atoms with Crippen LogP contribution in [0, 0.1) is 0 Å². The highest BCUT2D eigenvalue weighted by Gasteiger charge is 2.04. The Morgan fingerprint density at radius 2 is 1.88 bits per heavy atom. The fourth-order valence-electron chi connectivity index (χ4n) is 1.77. The molecule has 8 nitrogen and oxygen atoms in total. The number of rotatable bonds is 9. The Labute approximate surface area is 160 Å². The average Bonchev–Trinajstić information content (AvgIpc) is 2.51. The quantitative estimate of drug-likeness (QED) is 0.211. The van der Waals surface area contributed by atoms with Crippen LogP contribution in [-0.2, 0) is 16.6 Å². The van der Waals surface area contributed by atoms with Crippen LogP contribution in [0.25, 0.3) is 0 Å². The molecule has 0 spiro atoms. The van der Waals surface area contributed by atoms with Crippen LogP contribution in [0.2, 0.25) is 0 Å². The van der Waals surface area contributed by atoms with Crippen molar-refractivity contribution < 1.29 is 17.9 Å². The molecule has 0 bridgehead atoms. The summed E-state index contributed by atoms with van der Waals surface area (Å²) >= 11 is 0. The van der Waals surface area contributed by atoms with Crippen molar-refractivity contribution >= 4 is 40.0 Å². The van der Waals surface area contributed by atoms with E-state index in [9.17, 15) is 8.42 Å². The number of nitrogens with one attached hydrogen (secondary N) is 2. The van der Waals surface area contributed by atoms with Crippen molar-refractivity contribution in [3.05, 3.63) is 23.8 Å². The summed E-state index contributed by atoms with van der Waals surface area (Å²) in [5, 5.41) is 2.93. The molecular weight excluding hydrogens is 447 g/mol. The average molecular weight is 472 g/mol. The zero-order chi connectivity index (χ0) is 17.3. The van der Waals surface area contributed by atoms with E-state index < -0.39 is 10.0 Å². The van der Waals surface area contributed by atoms with Crippen molar-refractivity contribution in [2.24, 2.45) is 10.7 Å². The molecule has 1 rings (SSSR count). The van der Waals surface area contributed by atoms with Crippen molar-refractivity contribution in [1.29, 1.82) is 0 Å². The lowest BCUT2D eigenvalue weighted by Crippen LogP contribution is -2.34. The SMILES string of the molecule is COc1ccc(CN=C(N)NCCCNS(C)(=O)=O)cc1OC.I. The molecule has 0 unspecified atom stereocenters. The van der Waals surface area contributed by atoms with Gasteiger partial charge in [0.05, 0.1) is 27.0 Å². The van der Waals surface area contributed by atoms with Gasteiger partial charge in [0.25, 0.3) is 0 Å². The Morgan fingerprint density at radius 3 is 2.46 bits per heavy atom. The molecule has 0 aliphatic carbocycles. The van der Waals surface area contributed by atoms with Crippen molar-refractivity contribution in [2.45, 2.75) is 13.0 Å². The zero-order valence-electron chi connectivity index (χ0n) is 14.0. The maximum atomic E-state index is 10.9. The van der Waals surface area contributed by atoms with Crippen LogP contribution < -0.4 is 25.2 Å². The predicted molar refractivity (Wildman–Crippen MR) is 106 cm³/mol.